The molecule has 156 valence electrons. The zero-order valence-electron chi connectivity index (χ0n) is 16.6. The van der Waals surface area contributed by atoms with Crippen molar-refractivity contribution in [2.45, 2.75) is 17.9 Å². The van der Waals surface area contributed by atoms with Crippen molar-refractivity contribution >= 4 is 17.7 Å². The molecule has 2 aromatic carbocycles. The van der Waals surface area contributed by atoms with Gasteiger partial charge in [0.05, 0.1) is 18.5 Å². The Morgan fingerprint density at radius 1 is 1.10 bits per heavy atom. The normalized spacial score (nSPS) is 17.0. The molecule has 2 heterocycles. The molecule has 7 nitrogen and oxygen atoms in total. The highest BCUT2D eigenvalue weighted by Gasteiger charge is 2.21. The number of thioether (sulfide) groups is 1. The van der Waals surface area contributed by atoms with Gasteiger partial charge in [-0.15, -0.1) is 10.2 Å². The number of nitrogens with zero attached hydrogens (tertiary/aromatic N) is 3. The first-order valence-corrected chi connectivity index (χ1v) is 10.9. The number of carbonyl (C=O) groups is 1. The molecule has 1 saturated heterocycles. The Morgan fingerprint density at radius 2 is 1.87 bits per heavy atom. The molecule has 0 aliphatic carbocycles. The van der Waals surface area contributed by atoms with Crippen molar-refractivity contribution in [1.29, 1.82) is 0 Å². The Balaban J connectivity index is 1.19. The van der Waals surface area contributed by atoms with E-state index in [-0.39, 0.29) is 17.8 Å². The minimum atomic E-state index is -0.0803. The van der Waals surface area contributed by atoms with Crippen LogP contribution in [-0.2, 0) is 16.1 Å². The maximum absolute atomic E-state index is 12.2. The first-order valence-electron chi connectivity index (χ1n) is 9.92. The van der Waals surface area contributed by atoms with Gasteiger partial charge in [-0.2, -0.15) is 0 Å². The maximum Gasteiger partial charge on any atom is 0.277 e. The van der Waals surface area contributed by atoms with Crippen LogP contribution in [0.15, 0.2) is 70.3 Å². The molecular formula is C22H24N4O3S. The van der Waals surface area contributed by atoms with Crippen LogP contribution in [0.25, 0.3) is 11.5 Å². The molecule has 8 heteroatoms. The summed E-state index contributed by atoms with van der Waals surface area (Å²) < 4.78 is 11.4. The van der Waals surface area contributed by atoms with Crippen LogP contribution in [0.2, 0.25) is 0 Å². The van der Waals surface area contributed by atoms with E-state index in [9.17, 15) is 4.79 Å². The van der Waals surface area contributed by atoms with E-state index < -0.39 is 0 Å². The highest BCUT2D eigenvalue weighted by molar-refractivity contribution is 7.99. The van der Waals surface area contributed by atoms with Gasteiger partial charge in [0.2, 0.25) is 11.8 Å². The highest BCUT2D eigenvalue weighted by Crippen LogP contribution is 2.22. The Hall–Kier alpha value is -2.68. The average Bonchev–Trinajstić information content (AvgIpc) is 3.27. The zero-order valence-corrected chi connectivity index (χ0v) is 17.4. The standard InChI is InChI=1S/C22H24N4O3S/c27-20(16-30-22-25-24-21(29-22)18-9-5-2-6-10-18)23-13-19-15-26(11-12-28-19)14-17-7-3-1-4-8-17/h1-10,19H,11-16H2,(H,23,27)/t19-/m0/s1. The van der Waals surface area contributed by atoms with E-state index in [2.05, 4.69) is 44.7 Å². The van der Waals surface area contributed by atoms with Crippen LogP contribution in [0.1, 0.15) is 5.56 Å². The molecule has 3 aromatic rings. The molecule has 0 unspecified atom stereocenters. The monoisotopic (exact) mass is 424 g/mol. The van der Waals surface area contributed by atoms with Crippen LogP contribution >= 0.6 is 11.8 Å². The number of nitrogens with one attached hydrogen (secondary N) is 1. The third kappa shape index (κ3) is 5.91. The molecule has 30 heavy (non-hydrogen) atoms. The van der Waals surface area contributed by atoms with Gasteiger partial charge in [-0.3, -0.25) is 9.69 Å². The summed E-state index contributed by atoms with van der Waals surface area (Å²) in [4.78, 5) is 14.6. The van der Waals surface area contributed by atoms with Gasteiger partial charge in [0.15, 0.2) is 0 Å². The summed E-state index contributed by atoms with van der Waals surface area (Å²) in [5, 5.41) is 11.4. The minimum Gasteiger partial charge on any atom is -0.411 e. The molecular weight excluding hydrogens is 400 g/mol. The molecule has 1 fully saturated rings. The lowest BCUT2D eigenvalue weighted by atomic mass is 10.2. The lowest BCUT2D eigenvalue weighted by molar-refractivity contribution is -0.119. The van der Waals surface area contributed by atoms with Crippen LogP contribution in [-0.4, -0.2) is 59.1 Å². The second-order valence-corrected chi connectivity index (χ2v) is 7.97. The summed E-state index contributed by atoms with van der Waals surface area (Å²) in [5.74, 6) is 0.590. The second kappa shape index (κ2) is 10.4. The van der Waals surface area contributed by atoms with Gasteiger partial charge in [-0.05, 0) is 17.7 Å². The maximum atomic E-state index is 12.2. The molecule has 0 bridgehead atoms. The molecule has 1 amide bonds. The summed E-state index contributed by atoms with van der Waals surface area (Å²) in [7, 11) is 0. The van der Waals surface area contributed by atoms with Crippen LogP contribution < -0.4 is 5.32 Å². The first-order chi connectivity index (χ1) is 14.8. The van der Waals surface area contributed by atoms with E-state index in [4.69, 9.17) is 9.15 Å². The predicted molar refractivity (Wildman–Crippen MR) is 115 cm³/mol. The van der Waals surface area contributed by atoms with Crippen molar-refractivity contribution in [2.75, 3.05) is 32.0 Å². The molecule has 1 aromatic heterocycles. The van der Waals surface area contributed by atoms with Gasteiger partial charge < -0.3 is 14.5 Å². The van der Waals surface area contributed by atoms with Crippen LogP contribution in [0.3, 0.4) is 0 Å². The molecule has 0 spiro atoms. The number of carbonyl (C=O) groups excluding carboxylic acids is 1. The minimum absolute atomic E-state index is 0.00972. The number of hydrogen-bond donors (Lipinski definition) is 1. The van der Waals surface area contributed by atoms with Gasteiger partial charge in [-0.25, -0.2) is 0 Å². The van der Waals surface area contributed by atoms with E-state index in [1.165, 1.54) is 17.3 Å². The van der Waals surface area contributed by atoms with E-state index >= 15 is 0 Å². The summed E-state index contributed by atoms with van der Waals surface area (Å²) >= 11 is 1.23. The fourth-order valence-electron chi connectivity index (χ4n) is 3.26. The summed E-state index contributed by atoms with van der Waals surface area (Å²) in [5.41, 5.74) is 2.14. The predicted octanol–water partition coefficient (Wildman–Crippen LogP) is 2.85. The van der Waals surface area contributed by atoms with E-state index in [0.29, 0.717) is 24.3 Å². The number of morpholine rings is 1. The van der Waals surface area contributed by atoms with Gasteiger partial charge in [0, 0.05) is 31.7 Å². The van der Waals surface area contributed by atoms with E-state index in [1.54, 1.807) is 0 Å². The summed E-state index contributed by atoms with van der Waals surface area (Å²) in [6, 6.07) is 19.9. The Labute approximate surface area is 179 Å². The Bertz CT molecular complexity index is 936. The average molecular weight is 425 g/mol. The van der Waals surface area contributed by atoms with Crippen molar-refractivity contribution in [3.05, 3.63) is 66.2 Å². The van der Waals surface area contributed by atoms with Crippen molar-refractivity contribution < 1.29 is 13.9 Å². The third-order valence-corrected chi connectivity index (χ3v) is 5.57. The van der Waals surface area contributed by atoms with Crippen LogP contribution in [0, 0.1) is 0 Å². The lowest BCUT2D eigenvalue weighted by Crippen LogP contribution is -2.47. The lowest BCUT2D eigenvalue weighted by Gasteiger charge is -2.33. The molecule has 1 aliphatic heterocycles. The number of rotatable bonds is 8. The Morgan fingerprint density at radius 3 is 2.67 bits per heavy atom. The van der Waals surface area contributed by atoms with E-state index in [0.717, 1.165) is 25.2 Å². The highest BCUT2D eigenvalue weighted by atomic mass is 32.2. The number of ether oxygens (including phenoxy) is 1. The van der Waals surface area contributed by atoms with Gasteiger partial charge >= 0.3 is 0 Å². The molecule has 1 atom stereocenters. The number of benzene rings is 2. The van der Waals surface area contributed by atoms with E-state index in [1.807, 2.05) is 36.4 Å². The van der Waals surface area contributed by atoms with Crippen LogP contribution in [0.4, 0.5) is 0 Å². The third-order valence-electron chi connectivity index (χ3n) is 4.75. The fraction of sp³-hybridized carbons (Fsp3) is 0.318. The smallest absolute Gasteiger partial charge is 0.277 e. The largest absolute Gasteiger partial charge is 0.411 e. The van der Waals surface area contributed by atoms with Gasteiger partial charge in [-0.1, -0.05) is 60.3 Å². The number of hydrogen-bond acceptors (Lipinski definition) is 7. The summed E-state index contributed by atoms with van der Waals surface area (Å²) in [6.07, 6.45) is -0.00972. The quantitative estimate of drug-likeness (QED) is 0.557. The van der Waals surface area contributed by atoms with Crippen molar-refractivity contribution in [2.24, 2.45) is 0 Å². The van der Waals surface area contributed by atoms with Crippen molar-refractivity contribution in [3.63, 3.8) is 0 Å². The van der Waals surface area contributed by atoms with Gasteiger partial charge in [0.1, 0.15) is 0 Å². The molecule has 1 N–H and O–H groups in total. The first kappa shape index (κ1) is 20.6. The fourth-order valence-corrected chi connectivity index (χ4v) is 3.85. The number of amides is 1. The van der Waals surface area contributed by atoms with Gasteiger partial charge in [0.25, 0.3) is 5.22 Å². The van der Waals surface area contributed by atoms with Crippen molar-refractivity contribution in [3.8, 4) is 11.5 Å². The zero-order chi connectivity index (χ0) is 20.6. The molecule has 1 aliphatic rings. The van der Waals surface area contributed by atoms with Crippen LogP contribution in [0.5, 0.6) is 0 Å². The molecule has 4 rings (SSSR count). The SMILES string of the molecule is O=C(CSc1nnc(-c2ccccc2)o1)NC[C@H]1CN(Cc2ccccc2)CCO1. The molecule has 0 radical (unpaired) electrons. The Kier molecular flexibility index (Phi) is 7.12. The second-order valence-electron chi connectivity index (χ2n) is 7.05. The van der Waals surface area contributed by atoms with Crippen molar-refractivity contribution in [1.82, 2.24) is 20.4 Å². The number of aromatic nitrogens is 2. The summed E-state index contributed by atoms with van der Waals surface area (Å²) in [6.45, 7) is 3.75. The topological polar surface area (TPSA) is 80.5 Å². The molecule has 0 saturated carbocycles.